The average molecular weight is 431 g/mol. The fourth-order valence-corrected chi connectivity index (χ4v) is 4.91. The monoisotopic (exact) mass is 430 g/mol. The summed E-state index contributed by atoms with van der Waals surface area (Å²) < 4.78 is 17.1. The van der Waals surface area contributed by atoms with Crippen molar-refractivity contribution in [1.82, 2.24) is 0 Å². The summed E-state index contributed by atoms with van der Waals surface area (Å²) in [5.74, 6) is 1.50. The molecule has 0 saturated heterocycles. The minimum absolute atomic E-state index is 0.239. The van der Waals surface area contributed by atoms with Crippen LogP contribution in [0.5, 0.6) is 11.5 Å². The van der Waals surface area contributed by atoms with E-state index in [0.29, 0.717) is 0 Å². The third-order valence-electron chi connectivity index (χ3n) is 4.56. The third kappa shape index (κ3) is 6.75. The molecule has 0 aliphatic rings. The molecule has 0 spiro atoms. The first-order chi connectivity index (χ1) is 13.3. The zero-order valence-corrected chi connectivity index (χ0v) is 21.0. The lowest BCUT2D eigenvalue weighted by molar-refractivity contribution is -0.141. The first-order valence-corrected chi connectivity index (χ1v) is 16.8. The van der Waals surface area contributed by atoms with Crippen LogP contribution in [-0.2, 0) is 14.9 Å². The van der Waals surface area contributed by atoms with Gasteiger partial charge in [-0.3, -0.25) is 4.79 Å². The number of methoxy groups -OCH3 is 1. The summed E-state index contributed by atoms with van der Waals surface area (Å²) in [5, 5.41) is 0. The summed E-state index contributed by atoms with van der Waals surface area (Å²) in [6.07, 6.45) is 0.256. The highest BCUT2D eigenvalue weighted by Gasteiger charge is 2.32. The molecule has 2 rings (SSSR count). The van der Waals surface area contributed by atoms with Gasteiger partial charge in [-0.15, -0.1) is 0 Å². The number of benzene rings is 2. The van der Waals surface area contributed by atoms with Crippen molar-refractivity contribution < 1.29 is 18.4 Å². The van der Waals surface area contributed by atoms with Crippen LogP contribution in [0.3, 0.4) is 0 Å². The van der Waals surface area contributed by atoms with Gasteiger partial charge in [-0.2, -0.15) is 0 Å². The maximum absolute atomic E-state index is 12.2. The maximum Gasteiger partial charge on any atom is 0.306 e. The van der Waals surface area contributed by atoms with Crippen LogP contribution in [0.15, 0.2) is 48.5 Å². The predicted octanol–water partition coefficient (Wildman–Crippen LogP) is 5.98. The average Bonchev–Trinajstić information content (AvgIpc) is 2.60. The van der Waals surface area contributed by atoms with E-state index >= 15 is 0 Å². The Kier molecular flexibility index (Phi) is 7.01. The molecule has 0 radical (unpaired) electrons. The van der Waals surface area contributed by atoms with Crippen molar-refractivity contribution in [2.45, 2.75) is 58.0 Å². The number of rotatable bonds is 8. The molecule has 0 heterocycles. The SMILES string of the molecule is COC(=O)CC(C)(c1ccc(O[Si](C)(C)C)cc1)c1ccc(O[Si](C)(C)C)cc1. The Morgan fingerprint density at radius 1 is 0.759 bits per heavy atom. The van der Waals surface area contributed by atoms with E-state index in [-0.39, 0.29) is 12.4 Å². The number of carbonyl (C=O) groups excluding carboxylic acids is 1. The Balaban J connectivity index is 2.39. The Labute approximate surface area is 177 Å². The molecule has 0 amide bonds. The number of carbonyl (C=O) groups is 1. The quantitative estimate of drug-likeness (QED) is 0.381. The van der Waals surface area contributed by atoms with E-state index in [0.717, 1.165) is 22.6 Å². The van der Waals surface area contributed by atoms with Crippen molar-refractivity contribution in [3.05, 3.63) is 59.7 Å². The summed E-state index contributed by atoms with van der Waals surface area (Å²) in [4.78, 5) is 12.2. The molecule has 0 bridgehead atoms. The standard InChI is InChI=1S/C23H34O4Si2/c1-23(17-22(24)25-2,18-9-13-20(14-10-18)26-28(3,4)5)19-11-15-21(16-12-19)27-29(6,7)8/h9-16H,17H2,1-8H3. The van der Waals surface area contributed by atoms with Crippen molar-refractivity contribution in [2.75, 3.05) is 7.11 Å². The number of ether oxygens (including phenoxy) is 1. The first kappa shape index (κ1) is 23.2. The van der Waals surface area contributed by atoms with Crippen LogP contribution in [-0.4, -0.2) is 29.7 Å². The van der Waals surface area contributed by atoms with Gasteiger partial charge in [0.2, 0.25) is 16.6 Å². The summed E-state index contributed by atoms with van der Waals surface area (Å²) in [6.45, 7) is 15.0. The van der Waals surface area contributed by atoms with E-state index in [1.165, 1.54) is 7.11 Å². The summed E-state index contributed by atoms with van der Waals surface area (Å²) in [7, 11) is -1.91. The molecule has 0 aromatic heterocycles. The van der Waals surface area contributed by atoms with Gasteiger partial charge in [-0.1, -0.05) is 31.2 Å². The second-order valence-electron chi connectivity index (χ2n) is 9.56. The molecule has 0 saturated carbocycles. The normalized spacial score (nSPS) is 12.4. The molecular formula is C23H34O4Si2. The molecule has 2 aromatic carbocycles. The van der Waals surface area contributed by atoms with Crippen LogP contribution in [0, 0.1) is 0 Å². The van der Waals surface area contributed by atoms with Crippen LogP contribution >= 0.6 is 0 Å². The van der Waals surface area contributed by atoms with E-state index in [1.54, 1.807) is 0 Å². The second-order valence-corrected chi connectivity index (χ2v) is 18.4. The lowest BCUT2D eigenvalue weighted by Gasteiger charge is -2.31. The molecule has 0 aliphatic carbocycles. The highest BCUT2D eigenvalue weighted by molar-refractivity contribution is 6.70. The zero-order chi connectivity index (χ0) is 21.9. The molecule has 2 aromatic rings. The van der Waals surface area contributed by atoms with E-state index in [4.69, 9.17) is 13.6 Å². The molecule has 158 valence electrons. The molecule has 0 fully saturated rings. The van der Waals surface area contributed by atoms with Crippen LogP contribution in [0.25, 0.3) is 0 Å². The van der Waals surface area contributed by atoms with Crippen molar-refractivity contribution in [3.8, 4) is 11.5 Å². The molecule has 0 atom stereocenters. The highest BCUT2D eigenvalue weighted by Crippen LogP contribution is 2.37. The van der Waals surface area contributed by atoms with E-state index in [2.05, 4.69) is 46.2 Å². The van der Waals surface area contributed by atoms with Crippen LogP contribution < -0.4 is 8.85 Å². The smallest absolute Gasteiger partial charge is 0.306 e. The van der Waals surface area contributed by atoms with Gasteiger partial charge < -0.3 is 13.6 Å². The molecule has 29 heavy (non-hydrogen) atoms. The molecule has 0 N–H and O–H groups in total. The van der Waals surface area contributed by atoms with Crippen molar-refractivity contribution in [3.63, 3.8) is 0 Å². The van der Waals surface area contributed by atoms with Gasteiger partial charge in [0.25, 0.3) is 0 Å². The van der Waals surface area contributed by atoms with E-state index < -0.39 is 22.0 Å². The predicted molar refractivity (Wildman–Crippen MR) is 124 cm³/mol. The third-order valence-corrected chi connectivity index (χ3v) is 6.25. The van der Waals surface area contributed by atoms with Crippen molar-refractivity contribution >= 4 is 22.6 Å². The van der Waals surface area contributed by atoms with E-state index in [1.807, 2.05) is 48.5 Å². The van der Waals surface area contributed by atoms with Gasteiger partial charge in [-0.25, -0.2) is 0 Å². The number of esters is 1. The minimum atomic E-state index is -1.67. The van der Waals surface area contributed by atoms with Gasteiger partial charge >= 0.3 is 5.97 Å². The topological polar surface area (TPSA) is 44.8 Å². The highest BCUT2D eigenvalue weighted by atomic mass is 28.4. The lowest BCUT2D eigenvalue weighted by Crippen LogP contribution is -2.30. The largest absolute Gasteiger partial charge is 0.544 e. The first-order valence-electron chi connectivity index (χ1n) is 9.98. The van der Waals surface area contributed by atoms with Gasteiger partial charge in [0, 0.05) is 5.41 Å². The van der Waals surface area contributed by atoms with E-state index in [9.17, 15) is 4.79 Å². The Morgan fingerprint density at radius 2 is 1.10 bits per heavy atom. The molecule has 6 heteroatoms. The Morgan fingerprint density at radius 3 is 1.38 bits per heavy atom. The van der Waals surface area contributed by atoms with Gasteiger partial charge in [-0.05, 0) is 74.7 Å². The summed E-state index contributed by atoms with van der Waals surface area (Å²) in [5.41, 5.74) is 1.58. The van der Waals surface area contributed by atoms with Crippen molar-refractivity contribution in [1.29, 1.82) is 0 Å². The summed E-state index contributed by atoms with van der Waals surface area (Å²) in [6, 6.07) is 16.2. The lowest BCUT2D eigenvalue weighted by atomic mass is 9.74. The zero-order valence-electron chi connectivity index (χ0n) is 19.0. The summed E-state index contributed by atoms with van der Waals surface area (Å²) >= 11 is 0. The van der Waals surface area contributed by atoms with Gasteiger partial charge in [0.05, 0.1) is 13.5 Å². The Bertz CT molecular complexity index is 756. The van der Waals surface area contributed by atoms with Crippen LogP contribution in [0.4, 0.5) is 0 Å². The Hall–Kier alpha value is -2.06. The fourth-order valence-electron chi connectivity index (χ4n) is 3.22. The fraction of sp³-hybridized carbons (Fsp3) is 0.435. The van der Waals surface area contributed by atoms with Gasteiger partial charge in [0.15, 0.2) is 0 Å². The maximum atomic E-state index is 12.2. The second kappa shape index (κ2) is 8.75. The van der Waals surface area contributed by atoms with Crippen molar-refractivity contribution in [2.24, 2.45) is 0 Å². The van der Waals surface area contributed by atoms with Gasteiger partial charge in [0.1, 0.15) is 11.5 Å². The number of hydrogen-bond acceptors (Lipinski definition) is 4. The minimum Gasteiger partial charge on any atom is -0.544 e. The van der Waals surface area contributed by atoms with Crippen LogP contribution in [0.1, 0.15) is 24.5 Å². The molecule has 0 unspecified atom stereocenters. The molecular weight excluding hydrogens is 396 g/mol. The number of hydrogen-bond donors (Lipinski definition) is 0. The molecule has 4 nitrogen and oxygen atoms in total. The molecule has 0 aliphatic heterocycles. The van der Waals surface area contributed by atoms with Crippen LogP contribution in [0.2, 0.25) is 39.3 Å².